The lowest BCUT2D eigenvalue weighted by atomic mass is 10.1. The number of fused-ring (bicyclic) bond motifs is 1. The van der Waals surface area contributed by atoms with Gasteiger partial charge in [-0.05, 0) is 29.7 Å². The van der Waals surface area contributed by atoms with Crippen LogP contribution in [-0.4, -0.2) is 44.8 Å². The number of rotatable bonds is 2. The zero-order valence-corrected chi connectivity index (χ0v) is 11.5. The van der Waals surface area contributed by atoms with Gasteiger partial charge < -0.3 is 20.1 Å². The minimum Gasteiger partial charge on any atom is -0.394 e. The van der Waals surface area contributed by atoms with Crippen molar-refractivity contribution < 1.29 is 20.1 Å². The summed E-state index contributed by atoms with van der Waals surface area (Å²) in [6.07, 6.45) is -3.15. The zero-order valence-electron chi connectivity index (χ0n) is 11.5. The van der Waals surface area contributed by atoms with E-state index in [1.54, 1.807) is 12.1 Å². The molecule has 0 aliphatic carbocycles. The Hall–Kier alpha value is -2.24. The molecule has 7 heteroatoms. The van der Waals surface area contributed by atoms with Crippen LogP contribution in [0.2, 0.25) is 0 Å². The van der Waals surface area contributed by atoms with Crippen molar-refractivity contribution in [2.45, 2.75) is 24.5 Å². The molecule has 0 unspecified atom stereocenters. The largest absolute Gasteiger partial charge is 0.394 e. The number of ether oxygens (including phenoxy) is 1. The molecule has 0 saturated carbocycles. The second-order valence-corrected chi connectivity index (χ2v) is 5.17. The number of nitriles is 1. The van der Waals surface area contributed by atoms with Crippen LogP contribution in [0.25, 0.3) is 10.8 Å². The molecule has 1 aromatic heterocycles. The number of benzene rings is 1. The Labute approximate surface area is 125 Å². The number of aromatic nitrogens is 1. The van der Waals surface area contributed by atoms with E-state index in [9.17, 15) is 15.0 Å². The predicted octanol–water partition coefficient (Wildman–Crippen LogP) is -0.515. The van der Waals surface area contributed by atoms with Gasteiger partial charge in [0, 0.05) is 11.6 Å². The van der Waals surface area contributed by atoms with E-state index in [1.165, 1.54) is 22.9 Å². The number of aliphatic hydroxyl groups excluding tert-OH is 3. The smallest absolute Gasteiger partial charge is 0.260 e. The highest BCUT2D eigenvalue weighted by atomic mass is 16.6. The quantitative estimate of drug-likeness (QED) is 0.688. The van der Waals surface area contributed by atoms with E-state index in [2.05, 4.69) is 0 Å². The fraction of sp³-hybridized carbons (Fsp3) is 0.333. The van der Waals surface area contributed by atoms with Crippen molar-refractivity contribution >= 4 is 10.8 Å². The van der Waals surface area contributed by atoms with Gasteiger partial charge in [-0.25, -0.2) is 0 Å². The molecule has 1 fully saturated rings. The summed E-state index contributed by atoms with van der Waals surface area (Å²) >= 11 is 0. The zero-order chi connectivity index (χ0) is 15.9. The first-order chi connectivity index (χ1) is 10.6. The second-order valence-electron chi connectivity index (χ2n) is 5.17. The van der Waals surface area contributed by atoms with Crippen LogP contribution < -0.4 is 5.56 Å². The first kappa shape index (κ1) is 14.7. The van der Waals surface area contributed by atoms with Crippen LogP contribution in [0.15, 0.2) is 35.3 Å². The highest BCUT2D eigenvalue weighted by molar-refractivity contribution is 5.82. The molecular weight excluding hydrogens is 288 g/mol. The maximum Gasteiger partial charge on any atom is 0.260 e. The Morgan fingerprint density at radius 1 is 1.27 bits per heavy atom. The number of hydrogen-bond acceptors (Lipinski definition) is 6. The Kier molecular flexibility index (Phi) is 3.68. The van der Waals surface area contributed by atoms with Crippen LogP contribution in [-0.2, 0) is 4.74 Å². The molecule has 2 heterocycles. The molecule has 2 aromatic rings. The lowest BCUT2D eigenvalue weighted by Crippen LogP contribution is -2.35. The number of hydrogen-bond donors (Lipinski definition) is 3. The van der Waals surface area contributed by atoms with Crippen molar-refractivity contribution in [2.24, 2.45) is 0 Å². The van der Waals surface area contributed by atoms with E-state index in [-0.39, 0.29) is 0 Å². The van der Waals surface area contributed by atoms with E-state index in [0.717, 1.165) is 0 Å². The molecule has 114 valence electrons. The summed E-state index contributed by atoms with van der Waals surface area (Å²) in [5.41, 5.74) is 0.0365. The molecular formula is C15H14N2O5. The molecule has 0 radical (unpaired) electrons. The summed E-state index contributed by atoms with van der Waals surface area (Å²) < 4.78 is 6.53. The van der Waals surface area contributed by atoms with Crippen LogP contribution in [0.5, 0.6) is 0 Å². The maximum absolute atomic E-state index is 12.5. The van der Waals surface area contributed by atoms with E-state index in [1.807, 2.05) is 6.07 Å². The first-order valence-electron chi connectivity index (χ1n) is 6.74. The van der Waals surface area contributed by atoms with Crippen molar-refractivity contribution in [3.8, 4) is 6.07 Å². The molecule has 22 heavy (non-hydrogen) atoms. The van der Waals surface area contributed by atoms with Gasteiger partial charge in [-0.1, -0.05) is 0 Å². The van der Waals surface area contributed by atoms with Gasteiger partial charge in [0.25, 0.3) is 5.56 Å². The van der Waals surface area contributed by atoms with Gasteiger partial charge in [0.2, 0.25) is 0 Å². The van der Waals surface area contributed by atoms with Gasteiger partial charge in [-0.2, -0.15) is 5.26 Å². The molecule has 1 saturated heterocycles. The molecule has 0 bridgehead atoms. The molecule has 3 N–H and O–H groups in total. The lowest BCUT2D eigenvalue weighted by Gasteiger charge is -2.18. The predicted molar refractivity (Wildman–Crippen MR) is 75.9 cm³/mol. The van der Waals surface area contributed by atoms with Gasteiger partial charge in [0.15, 0.2) is 6.23 Å². The average Bonchev–Trinajstić information content (AvgIpc) is 2.83. The van der Waals surface area contributed by atoms with Gasteiger partial charge in [-0.15, -0.1) is 0 Å². The van der Waals surface area contributed by atoms with Crippen molar-refractivity contribution in [3.05, 3.63) is 46.4 Å². The monoisotopic (exact) mass is 302 g/mol. The number of pyridine rings is 1. The van der Waals surface area contributed by atoms with Crippen LogP contribution in [0.3, 0.4) is 0 Å². The van der Waals surface area contributed by atoms with Gasteiger partial charge in [0.05, 0.1) is 18.2 Å². The third-order valence-electron chi connectivity index (χ3n) is 3.85. The van der Waals surface area contributed by atoms with Gasteiger partial charge in [-0.3, -0.25) is 9.36 Å². The first-order valence-corrected chi connectivity index (χ1v) is 6.74. The highest BCUT2D eigenvalue weighted by Gasteiger charge is 2.43. The Morgan fingerprint density at radius 3 is 2.68 bits per heavy atom. The molecule has 7 nitrogen and oxygen atoms in total. The summed E-state index contributed by atoms with van der Waals surface area (Å²) in [4.78, 5) is 12.5. The van der Waals surface area contributed by atoms with Crippen LogP contribution in [0.4, 0.5) is 0 Å². The van der Waals surface area contributed by atoms with E-state index in [0.29, 0.717) is 16.3 Å². The Bertz CT molecular complexity index is 810. The van der Waals surface area contributed by atoms with Crippen molar-refractivity contribution in [1.82, 2.24) is 4.57 Å². The average molecular weight is 302 g/mol. The summed E-state index contributed by atoms with van der Waals surface area (Å²) in [7, 11) is 0. The molecule has 1 aromatic carbocycles. The molecule has 1 aliphatic heterocycles. The van der Waals surface area contributed by atoms with Crippen molar-refractivity contribution in [2.75, 3.05) is 6.61 Å². The maximum atomic E-state index is 12.5. The van der Waals surface area contributed by atoms with E-state index < -0.39 is 36.7 Å². The third kappa shape index (κ3) is 2.19. The minimum atomic E-state index is -1.31. The topological polar surface area (TPSA) is 116 Å². The highest BCUT2D eigenvalue weighted by Crippen LogP contribution is 2.28. The third-order valence-corrected chi connectivity index (χ3v) is 3.85. The lowest BCUT2D eigenvalue weighted by molar-refractivity contribution is -0.0541. The Balaban J connectivity index is 2.08. The molecule has 0 spiro atoms. The van der Waals surface area contributed by atoms with Gasteiger partial charge in [0.1, 0.15) is 18.3 Å². The fourth-order valence-electron chi connectivity index (χ4n) is 2.64. The van der Waals surface area contributed by atoms with Crippen LogP contribution in [0, 0.1) is 11.3 Å². The van der Waals surface area contributed by atoms with Crippen LogP contribution in [0.1, 0.15) is 11.8 Å². The van der Waals surface area contributed by atoms with Crippen LogP contribution >= 0.6 is 0 Å². The molecule has 3 rings (SSSR count). The second kappa shape index (κ2) is 5.51. The van der Waals surface area contributed by atoms with E-state index >= 15 is 0 Å². The molecule has 1 aliphatic rings. The fourth-order valence-corrected chi connectivity index (χ4v) is 2.64. The SMILES string of the molecule is N#Cc1ccc2c(=O)n([C@@H]3O[C@H](CO)[C@@H](O)[C@H]3O)ccc2c1. The normalized spacial score (nSPS) is 27.9. The Morgan fingerprint density at radius 2 is 2.05 bits per heavy atom. The standard InChI is InChI=1S/C15H14N2O5/c16-6-8-1-2-10-9(5-8)3-4-17(14(10)21)15-13(20)12(19)11(7-18)22-15/h1-5,11-13,15,18-20H,7H2/t11-,12-,13-,15-/m1/s1. The molecule has 4 atom stereocenters. The number of aliphatic hydroxyl groups is 3. The molecule has 0 amide bonds. The van der Waals surface area contributed by atoms with Crippen molar-refractivity contribution in [1.29, 1.82) is 5.26 Å². The number of nitrogens with zero attached hydrogens (tertiary/aromatic N) is 2. The van der Waals surface area contributed by atoms with E-state index in [4.69, 9.17) is 15.1 Å². The van der Waals surface area contributed by atoms with Gasteiger partial charge >= 0.3 is 0 Å². The summed E-state index contributed by atoms with van der Waals surface area (Å²) in [6.45, 7) is -0.456. The van der Waals surface area contributed by atoms with Crippen molar-refractivity contribution in [3.63, 3.8) is 0 Å². The summed E-state index contributed by atoms with van der Waals surface area (Å²) in [5.74, 6) is 0. The summed E-state index contributed by atoms with van der Waals surface area (Å²) in [5, 5.41) is 38.7. The summed E-state index contributed by atoms with van der Waals surface area (Å²) in [6, 6.07) is 8.30. The minimum absolute atomic E-state index is 0.374.